The highest BCUT2D eigenvalue weighted by Gasteiger charge is 2.49. The molecule has 1 spiro atoms. The molecule has 2 aliphatic rings. The summed E-state index contributed by atoms with van der Waals surface area (Å²) in [7, 11) is 0. The van der Waals surface area contributed by atoms with E-state index >= 15 is 0 Å². The van der Waals surface area contributed by atoms with Gasteiger partial charge in [0.15, 0.2) is 5.82 Å². The summed E-state index contributed by atoms with van der Waals surface area (Å²) in [5.74, 6) is 1.22. The van der Waals surface area contributed by atoms with Gasteiger partial charge in [-0.2, -0.15) is 11.8 Å². The number of thioether (sulfide) groups is 1. The average molecular weight is 324 g/mol. The number of amides is 3. The van der Waals surface area contributed by atoms with Crippen molar-refractivity contribution < 1.29 is 14.1 Å². The van der Waals surface area contributed by atoms with Crippen LogP contribution in [0.4, 0.5) is 10.6 Å². The van der Waals surface area contributed by atoms with E-state index in [9.17, 15) is 9.59 Å². The molecule has 1 aromatic rings. The number of hydrogen-bond donors (Lipinski definition) is 3. The van der Waals surface area contributed by atoms with Gasteiger partial charge in [0.1, 0.15) is 6.26 Å². The minimum atomic E-state index is -0.269. The molecule has 1 atom stereocenters. The number of nitrogens with zero attached hydrogens (tertiary/aromatic N) is 1. The summed E-state index contributed by atoms with van der Waals surface area (Å²) in [6.45, 7) is 1.82. The molecule has 2 fully saturated rings. The molecule has 0 radical (unpaired) electrons. The first-order valence-electron chi connectivity index (χ1n) is 7.39. The lowest BCUT2D eigenvalue weighted by Crippen LogP contribution is -2.53. The van der Waals surface area contributed by atoms with Crippen molar-refractivity contribution in [1.82, 2.24) is 10.5 Å². The molecule has 1 saturated heterocycles. The van der Waals surface area contributed by atoms with Crippen molar-refractivity contribution in [2.75, 3.05) is 11.1 Å². The van der Waals surface area contributed by atoms with Crippen LogP contribution in [0, 0.1) is 12.8 Å². The third kappa shape index (κ3) is 3.06. The predicted octanol–water partition coefficient (Wildman–Crippen LogP) is 1.63. The van der Waals surface area contributed by atoms with E-state index in [0.29, 0.717) is 5.82 Å². The van der Waals surface area contributed by atoms with E-state index in [2.05, 4.69) is 15.8 Å². The summed E-state index contributed by atoms with van der Waals surface area (Å²) in [4.78, 5) is 23.2. The van der Waals surface area contributed by atoms with Crippen LogP contribution in [0.15, 0.2) is 10.8 Å². The zero-order chi connectivity index (χ0) is 15.7. The highest BCUT2D eigenvalue weighted by molar-refractivity contribution is 8.00. The molecule has 3 rings (SSSR count). The minimum absolute atomic E-state index is 0.00198. The molecule has 120 valence electrons. The van der Waals surface area contributed by atoms with Crippen LogP contribution in [-0.4, -0.2) is 33.6 Å². The highest BCUT2D eigenvalue weighted by Crippen LogP contribution is 2.53. The summed E-state index contributed by atoms with van der Waals surface area (Å²) < 4.78 is 4.90. The van der Waals surface area contributed by atoms with Gasteiger partial charge in [0.05, 0.1) is 0 Å². The van der Waals surface area contributed by atoms with Gasteiger partial charge in [0.2, 0.25) is 5.91 Å². The van der Waals surface area contributed by atoms with Gasteiger partial charge in [0.25, 0.3) is 0 Å². The number of urea groups is 1. The number of anilines is 1. The molecule has 0 bridgehead atoms. The Balaban J connectivity index is 1.52. The number of primary amides is 1. The second-order valence-electron chi connectivity index (χ2n) is 6.17. The molecule has 22 heavy (non-hydrogen) atoms. The van der Waals surface area contributed by atoms with Crippen LogP contribution in [0.3, 0.4) is 0 Å². The number of nitrogens with one attached hydrogen (secondary N) is 2. The third-order valence-electron chi connectivity index (χ3n) is 4.45. The Morgan fingerprint density at radius 1 is 1.45 bits per heavy atom. The first-order chi connectivity index (χ1) is 10.5. The van der Waals surface area contributed by atoms with Crippen molar-refractivity contribution in [3.05, 3.63) is 11.8 Å². The Labute approximate surface area is 132 Å². The minimum Gasteiger partial charge on any atom is -0.369 e. The summed E-state index contributed by atoms with van der Waals surface area (Å²) in [6, 6.07) is -0.155. The van der Waals surface area contributed by atoms with Crippen molar-refractivity contribution in [3.63, 3.8) is 0 Å². The molecule has 3 amide bonds. The normalized spacial score (nSPS) is 30.6. The topological polar surface area (TPSA) is 110 Å². The van der Waals surface area contributed by atoms with E-state index in [1.54, 1.807) is 0 Å². The van der Waals surface area contributed by atoms with Gasteiger partial charge in [-0.25, -0.2) is 4.79 Å². The third-order valence-corrected chi connectivity index (χ3v) is 6.00. The Kier molecular flexibility index (Phi) is 4.03. The van der Waals surface area contributed by atoms with Crippen LogP contribution in [0.1, 0.15) is 31.2 Å². The Morgan fingerprint density at radius 2 is 2.23 bits per heavy atom. The molecule has 0 aromatic carbocycles. The maximum Gasteiger partial charge on any atom is 0.320 e. The van der Waals surface area contributed by atoms with Gasteiger partial charge >= 0.3 is 6.03 Å². The van der Waals surface area contributed by atoms with Crippen molar-refractivity contribution in [3.8, 4) is 0 Å². The average Bonchev–Trinajstić information content (AvgIpc) is 2.81. The van der Waals surface area contributed by atoms with Crippen molar-refractivity contribution in [2.24, 2.45) is 11.7 Å². The molecular formula is C14H20N4O3S. The quantitative estimate of drug-likeness (QED) is 0.783. The molecule has 7 nitrogen and oxygen atoms in total. The Morgan fingerprint density at radius 3 is 2.86 bits per heavy atom. The molecular weight excluding hydrogens is 304 g/mol. The number of rotatable bonds is 3. The van der Waals surface area contributed by atoms with Gasteiger partial charge in [0, 0.05) is 22.3 Å². The highest BCUT2D eigenvalue weighted by atomic mass is 32.2. The van der Waals surface area contributed by atoms with E-state index in [1.807, 2.05) is 18.7 Å². The fraction of sp³-hybridized carbons (Fsp3) is 0.643. The monoisotopic (exact) mass is 324 g/mol. The van der Waals surface area contributed by atoms with Crippen molar-refractivity contribution >= 4 is 29.5 Å². The zero-order valence-corrected chi connectivity index (χ0v) is 13.2. The molecule has 2 heterocycles. The molecule has 1 saturated carbocycles. The molecule has 1 aliphatic carbocycles. The van der Waals surface area contributed by atoms with Crippen LogP contribution in [0.25, 0.3) is 0 Å². The number of aryl methyl sites for hydroxylation is 1. The van der Waals surface area contributed by atoms with Crippen molar-refractivity contribution in [1.29, 1.82) is 0 Å². The van der Waals surface area contributed by atoms with Gasteiger partial charge in [-0.1, -0.05) is 5.16 Å². The lowest BCUT2D eigenvalue weighted by atomic mass is 9.70. The summed E-state index contributed by atoms with van der Waals surface area (Å²) in [6.07, 6.45) is 4.95. The predicted molar refractivity (Wildman–Crippen MR) is 83.5 cm³/mol. The second-order valence-corrected chi connectivity index (χ2v) is 7.74. The molecule has 1 aromatic heterocycles. The molecule has 4 N–H and O–H groups in total. The van der Waals surface area contributed by atoms with Crippen LogP contribution < -0.4 is 16.4 Å². The molecule has 1 aliphatic heterocycles. The second kappa shape index (κ2) is 5.83. The Hall–Kier alpha value is -1.70. The summed E-state index contributed by atoms with van der Waals surface area (Å²) >= 11 is 1.91. The largest absolute Gasteiger partial charge is 0.369 e. The first-order valence-corrected chi connectivity index (χ1v) is 8.38. The van der Waals surface area contributed by atoms with Crippen molar-refractivity contribution in [2.45, 2.75) is 43.4 Å². The lowest BCUT2D eigenvalue weighted by molar-refractivity contribution is -0.125. The maximum atomic E-state index is 12.0. The molecule has 8 heteroatoms. The zero-order valence-electron chi connectivity index (χ0n) is 12.4. The van der Waals surface area contributed by atoms with E-state index in [0.717, 1.165) is 37.0 Å². The van der Waals surface area contributed by atoms with Gasteiger partial charge in [-0.05, 0) is 38.4 Å². The molecule has 1 unspecified atom stereocenters. The Bertz CT molecular complexity index is 582. The number of carbonyl (C=O) groups is 2. The fourth-order valence-corrected chi connectivity index (χ4v) is 5.00. The smallest absolute Gasteiger partial charge is 0.320 e. The SMILES string of the molecule is Cc1conc1NC(=O)NC1CCSC2(C1)CC(C(N)=O)C2. The van der Waals surface area contributed by atoms with E-state index in [-0.39, 0.29) is 28.6 Å². The van der Waals surface area contributed by atoms with Crippen LogP contribution >= 0.6 is 11.8 Å². The summed E-state index contributed by atoms with van der Waals surface area (Å²) in [5.41, 5.74) is 6.14. The van der Waals surface area contributed by atoms with E-state index in [4.69, 9.17) is 10.3 Å². The van der Waals surface area contributed by atoms with E-state index < -0.39 is 0 Å². The standard InChI is InChI=1S/C14H20N4O3S/c1-8-7-21-18-12(8)17-13(20)16-10-2-3-22-14(6-10)4-9(5-14)11(15)19/h7,9-10H,2-6H2,1H3,(H2,15,19)(H2,16,17,18,20). The number of carbonyl (C=O) groups excluding carboxylic acids is 2. The van der Waals surface area contributed by atoms with Gasteiger partial charge in [-0.15, -0.1) is 0 Å². The van der Waals surface area contributed by atoms with Gasteiger partial charge < -0.3 is 15.6 Å². The van der Waals surface area contributed by atoms with Crippen LogP contribution in [-0.2, 0) is 4.79 Å². The first kappa shape index (κ1) is 15.2. The van der Waals surface area contributed by atoms with Gasteiger partial charge in [-0.3, -0.25) is 10.1 Å². The summed E-state index contributed by atoms with van der Waals surface area (Å²) in [5, 5.41) is 9.41. The van der Waals surface area contributed by atoms with E-state index in [1.165, 1.54) is 6.26 Å². The number of nitrogens with two attached hydrogens (primary N) is 1. The van der Waals surface area contributed by atoms with Crippen LogP contribution in [0.5, 0.6) is 0 Å². The lowest BCUT2D eigenvalue weighted by Gasteiger charge is -2.50. The number of hydrogen-bond acceptors (Lipinski definition) is 5. The number of aromatic nitrogens is 1. The van der Waals surface area contributed by atoms with Crippen LogP contribution in [0.2, 0.25) is 0 Å². The fourth-order valence-electron chi connectivity index (χ4n) is 3.21. The maximum absolute atomic E-state index is 12.0.